The molecular formula is C12H18N2O3S. The Morgan fingerprint density at radius 2 is 2.22 bits per heavy atom. The molecule has 0 radical (unpaired) electrons. The van der Waals surface area contributed by atoms with Gasteiger partial charge in [0, 0.05) is 24.9 Å². The van der Waals surface area contributed by atoms with E-state index < -0.39 is 5.97 Å². The molecule has 18 heavy (non-hydrogen) atoms. The number of amides is 2. The molecule has 0 fully saturated rings. The van der Waals surface area contributed by atoms with Crippen LogP contribution in [0.15, 0.2) is 17.5 Å². The van der Waals surface area contributed by atoms with Crippen LogP contribution in [0.3, 0.4) is 0 Å². The van der Waals surface area contributed by atoms with E-state index in [1.165, 1.54) is 0 Å². The number of carboxylic acids is 1. The molecule has 0 bridgehead atoms. The molecule has 0 aliphatic heterocycles. The van der Waals surface area contributed by atoms with Gasteiger partial charge in [-0.3, -0.25) is 4.79 Å². The number of aliphatic carboxylic acids is 1. The number of thiophene rings is 1. The van der Waals surface area contributed by atoms with Gasteiger partial charge in [-0.2, -0.15) is 0 Å². The van der Waals surface area contributed by atoms with Gasteiger partial charge in [0.15, 0.2) is 0 Å². The molecule has 1 aromatic rings. The zero-order valence-electron chi connectivity index (χ0n) is 10.4. The number of nitrogens with zero attached hydrogens (tertiary/aromatic N) is 1. The van der Waals surface area contributed by atoms with Gasteiger partial charge < -0.3 is 15.3 Å². The Hall–Kier alpha value is -1.56. The first-order valence-electron chi connectivity index (χ1n) is 5.82. The van der Waals surface area contributed by atoms with E-state index in [4.69, 9.17) is 5.11 Å². The van der Waals surface area contributed by atoms with Crippen LogP contribution in [0, 0.1) is 0 Å². The van der Waals surface area contributed by atoms with Crippen molar-refractivity contribution in [1.82, 2.24) is 10.2 Å². The van der Waals surface area contributed by atoms with Crippen molar-refractivity contribution in [1.29, 1.82) is 0 Å². The smallest absolute Gasteiger partial charge is 0.317 e. The highest BCUT2D eigenvalue weighted by Crippen LogP contribution is 2.10. The van der Waals surface area contributed by atoms with E-state index in [-0.39, 0.29) is 12.5 Å². The molecule has 0 aromatic carbocycles. The Bertz CT molecular complexity index is 379. The van der Waals surface area contributed by atoms with Gasteiger partial charge in [0.05, 0.1) is 6.54 Å². The topological polar surface area (TPSA) is 69.6 Å². The van der Waals surface area contributed by atoms with Crippen molar-refractivity contribution in [2.24, 2.45) is 0 Å². The van der Waals surface area contributed by atoms with E-state index in [2.05, 4.69) is 5.32 Å². The minimum Gasteiger partial charge on any atom is -0.481 e. The van der Waals surface area contributed by atoms with Crippen LogP contribution in [-0.4, -0.2) is 35.6 Å². The molecular weight excluding hydrogens is 252 g/mol. The predicted molar refractivity (Wildman–Crippen MR) is 70.7 cm³/mol. The van der Waals surface area contributed by atoms with E-state index in [1.54, 1.807) is 23.3 Å². The number of carboxylic acid groups (broad SMARTS) is 1. The molecule has 5 nitrogen and oxygen atoms in total. The van der Waals surface area contributed by atoms with Crippen LogP contribution < -0.4 is 5.32 Å². The van der Waals surface area contributed by atoms with Gasteiger partial charge >= 0.3 is 12.0 Å². The summed E-state index contributed by atoms with van der Waals surface area (Å²) in [4.78, 5) is 24.7. The fourth-order valence-electron chi connectivity index (χ4n) is 1.44. The second-order valence-corrected chi connectivity index (χ2v) is 5.05. The summed E-state index contributed by atoms with van der Waals surface area (Å²) in [5.41, 5.74) is 0. The lowest BCUT2D eigenvalue weighted by atomic mass is 10.2. The third-order valence-electron chi connectivity index (χ3n) is 2.41. The Labute approximate surface area is 110 Å². The Morgan fingerprint density at radius 3 is 2.83 bits per heavy atom. The SMILES string of the molecule is CN(Cc1cccs1)C(=O)NCCCCC(=O)O. The predicted octanol–water partition coefficient (Wildman–Crippen LogP) is 2.14. The standard InChI is InChI=1S/C12H18N2O3S/c1-14(9-10-5-4-8-18-10)12(17)13-7-3-2-6-11(15)16/h4-5,8H,2-3,6-7,9H2,1H3,(H,13,17)(H,15,16). The fourth-order valence-corrected chi connectivity index (χ4v) is 2.20. The lowest BCUT2D eigenvalue weighted by molar-refractivity contribution is -0.137. The molecule has 1 rings (SSSR count). The van der Waals surface area contributed by atoms with Crippen molar-refractivity contribution < 1.29 is 14.7 Å². The van der Waals surface area contributed by atoms with Crippen LogP contribution in [0.2, 0.25) is 0 Å². The second-order valence-electron chi connectivity index (χ2n) is 4.02. The highest BCUT2D eigenvalue weighted by Gasteiger charge is 2.08. The normalized spacial score (nSPS) is 10.1. The average molecular weight is 270 g/mol. The minimum absolute atomic E-state index is 0.126. The summed E-state index contributed by atoms with van der Waals surface area (Å²) in [7, 11) is 1.74. The number of hydrogen-bond acceptors (Lipinski definition) is 3. The Morgan fingerprint density at radius 1 is 1.44 bits per heavy atom. The van der Waals surface area contributed by atoms with Gasteiger partial charge in [-0.05, 0) is 24.3 Å². The van der Waals surface area contributed by atoms with E-state index >= 15 is 0 Å². The first-order chi connectivity index (χ1) is 8.59. The quantitative estimate of drug-likeness (QED) is 0.746. The number of nitrogens with one attached hydrogen (secondary N) is 1. The molecule has 0 aliphatic carbocycles. The maximum atomic E-state index is 11.7. The van der Waals surface area contributed by atoms with Gasteiger partial charge in [-0.15, -0.1) is 11.3 Å². The summed E-state index contributed by atoms with van der Waals surface area (Å²) in [6, 6.07) is 3.82. The molecule has 0 aliphatic rings. The van der Waals surface area contributed by atoms with Crippen LogP contribution in [0.1, 0.15) is 24.1 Å². The van der Waals surface area contributed by atoms with Gasteiger partial charge in [-0.25, -0.2) is 4.79 Å². The largest absolute Gasteiger partial charge is 0.481 e. The third kappa shape index (κ3) is 5.67. The second kappa shape index (κ2) is 7.71. The monoisotopic (exact) mass is 270 g/mol. The average Bonchev–Trinajstić information content (AvgIpc) is 2.80. The number of carbonyl (C=O) groups excluding carboxylic acids is 1. The van der Waals surface area contributed by atoms with Crippen LogP contribution in [0.25, 0.3) is 0 Å². The first kappa shape index (κ1) is 14.5. The number of hydrogen-bond donors (Lipinski definition) is 2. The summed E-state index contributed by atoms with van der Waals surface area (Å²) in [6.45, 7) is 1.11. The highest BCUT2D eigenvalue weighted by atomic mass is 32.1. The Balaban J connectivity index is 2.14. The fraction of sp³-hybridized carbons (Fsp3) is 0.500. The zero-order chi connectivity index (χ0) is 13.4. The lowest BCUT2D eigenvalue weighted by Crippen LogP contribution is -2.37. The molecule has 0 spiro atoms. The van der Waals surface area contributed by atoms with Crippen molar-refractivity contribution in [2.45, 2.75) is 25.8 Å². The van der Waals surface area contributed by atoms with Gasteiger partial charge in [-0.1, -0.05) is 6.07 Å². The van der Waals surface area contributed by atoms with Crippen LogP contribution in [0.4, 0.5) is 4.79 Å². The molecule has 0 unspecified atom stereocenters. The zero-order valence-corrected chi connectivity index (χ0v) is 11.2. The number of urea groups is 1. The van der Waals surface area contributed by atoms with Crippen LogP contribution >= 0.6 is 11.3 Å². The van der Waals surface area contributed by atoms with Gasteiger partial charge in [0.25, 0.3) is 0 Å². The Kier molecular flexibility index (Phi) is 6.21. The van der Waals surface area contributed by atoms with E-state index in [0.717, 1.165) is 4.88 Å². The summed E-state index contributed by atoms with van der Waals surface area (Å²) < 4.78 is 0. The molecule has 0 saturated heterocycles. The van der Waals surface area contributed by atoms with E-state index in [0.29, 0.717) is 25.9 Å². The molecule has 0 saturated carbocycles. The molecule has 1 aromatic heterocycles. The van der Waals surface area contributed by atoms with Crippen molar-refractivity contribution in [2.75, 3.05) is 13.6 Å². The summed E-state index contributed by atoms with van der Waals surface area (Å²) >= 11 is 1.62. The summed E-state index contributed by atoms with van der Waals surface area (Å²) in [6.07, 6.45) is 1.43. The van der Waals surface area contributed by atoms with E-state index in [9.17, 15) is 9.59 Å². The van der Waals surface area contributed by atoms with Crippen molar-refractivity contribution in [3.63, 3.8) is 0 Å². The maximum Gasteiger partial charge on any atom is 0.317 e. The van der Waals surface area contributed by atoms with Crippen LogP contribution in [-0.2, 0) is 11.3 Å². The van der Waals surface area contributed by atoms with Crippen LogP contribution in [0.5, 0.6) is 0 Å². The van der Waals surface area contributed by atoms with E-state index in [1.807, 2.05) is 17.5 Å². The van der Waals surface area contributed by atoms with Crippen molar-refractivity contribution in [3.8, 4) is 0 Å². The molecule has 100 valence electrons. The first-order valence-corrected chi connectivity index (χ1v) is 6.70. The third-order valence-corrected chi connectivity index (χ3v) is 3.27. The van der Waals surface area contributed by atoms with Crippen molar-refractivity contribution >= 4 is 23.3 Å². The molecule has 1 heterocycles. The highest BCUT2D eigenvalue weighted by molar-refractivity contribution is 7.09. The molecule has 6 heteroatoms. The summed E-state index contributed by atoms with van der Waals surface area (Å²) in [5, 5.41) is 13.2. The number of carbonyl (C=O) groups is 2. The lowest BCUT2D eigenvalue weighted by Gasteiger charge is -2.16. The molecule has 2 amide bonds. The number of rotatable bonds is 7. The minimum atomic E-state index is -0.795. The van der Waals surface area contributed by atoms with Gasteiger partial charge in [0.2, 0.25) is 0 Å². The summed E-state index contributed by atoms with van der Waals surface area (Å²) in [5.74, 6) is -0.795. The maximum absolute atomic E-state index is 11.7. The number of unbranched alkanes of at least 4 members (excludes halogenated alkanes) is 1. The van der Waals surface area contributed by atoms with Gasteiger partial charge in [0.1, 0.15) is 0 Å². The molecule has 2 N–H and O–H groups in total. The van der Waals surface area contributed by atoms with Crippen molar-refractivity contribution in [3.05, 3.63) is 22.4 Å². The molecule has 0 atom stereocenters.